The molecule has 1 saturated heterocycles. The molecule has 1 unspecified atom stereocenters. The van der Waals surface area contributed by atoms with Gasteiger partial charge in [0.15, 0.2) is 0 Å². The van der Waals surface area contributed by atoms with E-state index < -0.39 is 0 Å². The molecule has 0 amide bonds. The van der Waals surface area contributed by atoms with Crippen LogP contribution < -0.4 is 4.90 Å². The predicted molar refractivity (Wildman–Crippen MR) is 68.6 cm³/mol. The lowest BCUT2D eigenvalue weighted by Crippen LogP contribution is -2.40. The molecule has 16 heavy (non-hydrogen) atoms. The van der Waals surface area contributed by atoms with E-state index in [4.69, 9.17) is 5.11 Å². The number of nitrogens with zero attached hydrogens (tertiary/aromatic N) is 2. The Balaban J connectivity index is 2.13. The average molecular weight is 285 g/mol. The second-order valence-corrected chi connectivity index (χ2v) is 5.11. The summed E-state index contributed by atoms with van der Waals surface area (Å²) < 4.78 is 1.01. The summed E-state index contributed by atoms with van der Waals surface area (Å²) >= 11 is 3.39. The number of anilines is 1. The van der Waals surface area contributed by atoms with Crippen molar-refractivity contribution in [1.82, 2.24) is 4.98 Å². The fourth-order valence-corrected chi connectivity index (χ4v) is 2.52. The zero-order chi connectivity index (χ0) is 11.4. The minimum Gasteiger partial charge on any atom is -0.396 e. The van der Waals surface area contributed by atoms with Crippen LogP contribution in [0.1, 0.15) is 25.7 Å². The van der Waals surface area contributed by atoms with Gasteiger partial charge in [-0.15, -0.1) is 0 Å². The molecular weight excluding hydrogens is 268 g/mol. The van der Waals surface area contributed by atoms with Crippen molar-refractivity contribution in [3.05, 3.63) is 22.8 Å². The summed E-state index contributed by atoms with van der Waals surface area (Å²) in [6.07, 6.45) is 6.33. The van der Waals surface area contributed by atoms with Gasteiger partial charge in [-0.05, 0) is 53.7 Å². The smallest absolute Gasteiger partial charge is 0.128 e. The Labute approximate surface area is 105 Å². The van der Waals surface area contributed by atoms with Crippen LogP contribution in [0.25, 0.3) is 0 Å². The molecule has 0 spiro atoms. The number of aliphatic hydroxyl groups is 1. The van der Waals surface area contributed by atoms with Gasteiger partial charge in [0.25, 0.3) is 0 Å². The summed E-state index contributed by atoms with van der Waals surface area (Å²) in [5, 5.41) is 9.07. The molecule has 2 rings (SSSR count). The quantitative estimate of drug-likeness (QED) is 0.927. The van der Waals surface area contributed by atoms with Gasteiger partial charge in [-0.25, -0.2) is 4.98 Å². The van der Waals surface area contributed by atoms with Crippen LogP contribution in [-0.4, -0.2) is 29.3 Å². The summed E-state index contributed by atoms with van der Waals surface area (Å²) in [6, 6.07) is 4.51. The van der Waals surface area contributed by atoms with Crippen LogP contribution in [-0.2, 0) is 0 Å². The number of pyridine rings is 1. The first-order valence-electron chi connectivity index (χ1n) is 5.80. The highest BCUT2D eigenvalue weighted by molar-refractivity contribution is 9.10. The fourth-order valence-electron chi connectivity index (χ4n) is 2.29. The van der Waals surface area contributed by atoms with Crippen molar-refractivity contribution >= 4 is 21.7 Å². The molecule has 1 aliphatic rings. The number of halogens is 1. The third-order valence-electron chi connectivity index (χ3n) is 3.10. The lowest BCUT2D eigenvalue weighted by Gasteiger charge is -2.36. The van der Waals surface area contributed by atoms with Crippen molar-refractivity contribution in [3.63, 3.8) is 0 Å². The first-order valence-corrected chi connectivity index (χ1v) is 6.59. The molecule has 88 valence electrons. The van der Waals surface area contributed by atoms with Crippen molar-refractivity contribution in [2.45, 2.75) is 31.7 Å². The molecule has 1 aromatic heterocycles. The monoisotopic (exact) mass is 284 g/mol. The summed E-state index contributed by atoms with van der Waals surface area (Å²) in [4.78, 5) is 6.76. The first kappa shape index (κ1) is 11.9. The van der Waals surface area contributed by atoms with E-state index in [1.165, 1.54) is 12.8 Å². The molecule has 1 aromatic rings. The second-order valence-electron chi connectivity index (χ2n) is 4.19. The van der Waals surface area contributed by atoms with Crippen LogP contribution in [0.2, 0.25) is 0 Å². The standard InChI is InChI=1S/C12H17BrN2O/c13-10-4-5-12(14-9-10)15-7-2-1-3-11(15)6-8-16/h4-5,9,11,16H,1-3,6-8H2. The number of aliphatic hydroxyl groups excluding tert-OH is 1. The normalized spacial score (nSPS) is 21.1. The highest BCUT2D eigenvalue weighted by Gasteiger charge is 2.22. The zero-order valence-corrected chi connectivity index (χ0v) is 10.9. The van der Waals surface area contributed by atoms with Crippen molar-refractivity contribution in [2.75, 3.05) is 18.1 Å². The van der Waals surface area contributed by atoms with E-state index in [-0.39, 0.29) is 6.61 Å². The molecule has 0 aliphatic carbocycles. The summed E-state index contributed by atoms with van der Waals surface area (Å²) in [5.74, 6) is 1.03. The molecule has 2 heterocycles. The topological polar surface area (TPSA) is 36.4 Å². The molecule has 3 nitrogen and oxygen atoms in total. The molecule has 4 heteroatoms. The van der Waals surface area contributed by atoms with E-state index in [1.807, 2.05) is 18.3 Å². The van der Waals surface area contributed by atoms with Gasteiger partial charge in [-0.3, -0.25) is 0 Å². The van der Waals surface area contributed by atoms with Crippen molar-refractivity contribution in [2.24, 2.45) is 0 Å². The molecular formula is C12H17BrN2O. The van der Waals surface area contributed by atoms with Gasteiger partial charge in [0.2, 0.25) is 0 Å². The Morgan fingerprint density at radius 3 is 3.00 bits per heavy atom. The minimum atomic E-state index is 0.262. The summed E-state index contributed by atoms with van der Waals surface area (Å²) in [7, 11) is 0. The number of piperidine rings is 1. The largest absolute Gasteiger partial charge is 0.396 e. The van der Waals surface area contributed by atoms with Gasteiger partial charge in [0.05, 0.1) is 0 Å². The molecule has 0 bridgehead atoms. The number of aromatic nitrogens is 1. The van der Waals surface area contributed by atoms with Crippen LogP contribution in [0.15, 0.2) is 22.8 Å². The average Bonchev–Trinajstić information content (AvgIpc) is 2.32. The second kappa shape index (κ2) is 5.64. The molecule has 0 aromatic carbocycles. The van der Waals surface area contributed by atoms with Crippen molar-refractivity contribution in [1.29, 1.82) is 0 Å². The van der Waals surface area contributed by atoms with Gasteiger partial charge < -0.3 is 10.0 Å². The van der Waals surface area contributed by atoms with Crippen LogP contribution in [0.3, 0.4) is 0 Å². The van der Waals surface area contributed by atoms with Gasteiger partial charge in [-0.2, -0.15) is 0 Å². The molecule has 1 fully saturated rings. The fraction of sp³-hybridized carbons (Fsp3) is 0.583. The van der Waals surface area contributed by atoms with E-state index in [9.17, 15) is 0 Å². The third-order valence-corrected chi connectivity index (χ3v) is 3.56. The highest BCUT2D eigenvalue weighted by atomic mass is 79.9. The van der Waals surface area contributed by atoms with E-state index in [0.717, 1.165) is 29.7 Å². The van der Waals surface area contributed by atoms with Crippen LogP contribution >= 0.6 is 15.9 Å². The van der Waals surface area contributed by atoms with E-state index in [2.05, 4.69) is 25.8 Å². The lowest BCUT2D eigenvalue weighted by atomic mass is 10.00. The van der Waals surface area contributed by atoms with Gasteiger partial charge >= 0.3 is 0 Å². The third kappa shape index (κ3) is 2.74. The molecule has 1 atom stereocenters. The number of hydrogen-bond donors (Lipinski definition) is 1. The molecule has 1 N–H and O–H groups in total. The Morgan fingerprint density at radius 2 is 2.31 bits per heavy atom. The maximum Gasteiger partial charge on any atom is 0.128 e. The van der Waals surface area contributed by atoms with Crippen molar-refractivity contribution < 1.29 is 5.11 Å². The van der Waals surface area contributed by atoms with Crippen molar-refractivity contribution in [3.8, 4) is 0 Å². The minimum absolute atomic E-state index is 0.262. The maximum absolute atomic E-state index is 9.07. The zero-order valence-electron chi connectivity index (χ0n) is 9.27. The van der Waals surface area contributed by atoms with Crippen LogP contribution in [0, 0.1) is 0 Å². The van der Waals surface area contributed by atoms with Gasteiger partial charge in [-0.1, -0.05) is 0 Å². The Bertz CT molecular complexity index is 326. The Kier molecular flexibility index (Phi) is 4.18. The van der Waals surface area contributed by atoms with E-state index in [0.29, 0.717) is 6.04 Å². The number of rotatable bonds is 3. The van der Waals surface area contributed by atoms with Crippen LogP contribution in [0.5, 0.6) is 0 Å². The van der Waals surface area contributed by atoms with Gasteiger partial charge in [0, 0.05) is 29.9 Å². The van der Waals surface area contributed by atoms with Gasteiger partial charge in [0.1, 0.15) is 5.82 Å². The van der Waals surface area contributed by atoms with E-state index in [1.54, 1.807) is 0 Å². The Hall–Kier alpha value is -0.610. The lowest BCUT2D eigenvalue weighted by molar-refractivity contribution is 0.262. The molecule has 0 radical (unpaired) electrons. The van der Waals surface area contributed by atoms with Crippen LogP contribution in [0.4, 0.5) is 5.82 Å². The highest BCUT2D eigenvalue weighted by Crippen LogP contribution is 2.25. The SMILES string of the molecule is OCCC1CCCCN1c1ccc(Br)cn1. The maximum atomic E-state index is 9.07. The van der Waals surface area contributed by atoms with E-state index >= 15 is 0 Å². The summed E-state index contributed by atoms with van der Waals surface area (Å²) in [5.41, 5.74) is 0. The summed E-state index contributed by atoms with van der Waals surface area (Å²) in [6.45, 7) is 1.32. The Morgan fingerprint density at radius 1 is 1.44 bits per heavy atom. The molecule has 0 saturated carbocycles. The predicted octanol–water partition coefficient (Wildman–Crippen LogP) is 2.59. The number of hydrogen-bond acceptors (Lipinski definition) is 3. The first-order chi connectivity index (χ1) is 7.81. The molecule has 1 aliphatic heterocycles.